The zero-order chi connectivity index (χ0) is 16.8. The molecule has 0 aliphatic carbocycles. The van der Waals surface area contributed by atoms with Crippen LogP contribution in [-0.2, 0) is 14.8 Å². The first-order valence-corrected chi connectivity index (χ1v) is 9.16. The molecule has 1 aromatic carbocycles. The lowest BCUT2D eigenvalue weighted by Crippen LogP contribution is -2.48. The summed E-state index contributed by atoms with van der Waals surface area (Å²) in [6, 6.07) is 5.83. The first kappa shape index (κ1) is 18.3. The van der Waals surface area contributed by atoms with Crippen molar-refractivity contribution in [2.24, 2.45) is 0 Å². The number of carbonyl (C=O) groups excluding carboxylic acids is 1. The van der Waals surface area contributed by atoms with Gasteiger partial charge in [-0.05, 0) is 44.5 Å². The van der Waals surface area contributed by atoms with Crippen LogP contribution in [0.5, 0.6) is 5.75 Å². The van der Waals surface area contributed by atoms with Gasteiger partial charge in [0.15, 0.2) is 0 Å². The molecule has 0 heterocycles. The van der Waals surface area contributed by atoms with Crippen LogP contribution in [0.15, 0.2) is 24.3 Å². The fraction of sp³-hybridized carbons (Fsp3) is 0.533. The number of hydrogen-bond donors (Lipinski definition) is 1. The van der Waals surface area contributed by atoms with Gasteiger partial charge in [-0.3, -0.25) is 9.10 Å². The average molecular weight is 328 g/mol. The Bertz CT molecular complexity index is 584. The summed E-state index contributed by atoms with van der Waals surface area (Å²) < 4.78 is 30.6. The van der Waals surface area contributed by atoms with Gasteiger partial charge in [0, 0.05) is 6.54 Å². The van der Waals surface area contributed by atoms with Crippen molar-refractivity contribution in [1.82, 2.24) is 5.32 Å². The molecule has 0 aliphatic rings. The molecule has 1 rings (SSSR count). The molecular weight excluding hydrogens is 304 g/mol. The summed E-state index contributed by atoms with van der Waals surface area (Å²) in [5.41, 5.74) is 0.435. The molecule has 0 fully saturated rings. The van der Waals surface area contributed by atoms with Gasteiger partial charge in [0.25, 0.3) is 0 Å². The van der Waals surface area contributed by atoms with Gasteiger partial charge in [-0.25, -0.2) is 8.42 Å². The second-order valence-electron chi connectivity index (χ2n) is 4.95. The summed E-state index contributed by atoms with van der Waals surface area (Å²) in [4.78, 5) is 12.1. The predicted molar refractivity (Wildman–Crippen MR) is 87.7 cm³/mol. The van der Waals surface area contributed by atoms with Crippen molar-refractivity contribution in [3.05, 3.63) is 24.3 Å². The molecule has 6 nitrogen and oxygen atoms in total. The van der Waals surface area contributed by atoms with Gasteiger partial charge >= 0.3 is 0 Å². The highest BCUT2D eigenvalue weighted by atomic mass is 32.2. The molecule has 0 radical (unpaired) electrons. The van der Waals surface area contributed by atoms with Gasteiger partial charge in [0.1, 0.15) is 11.8 Å². The van der Waals surface area contributed by atoms with Crippen molar-refractivity contribution in [1.29, 1.82) is 0 Å². The molecule has 0 aliphatic heterocycles. The number of hydrogen-bond acceptors (Lipinski definition) is 4. The molecule has 7 heteroatoms. The highest BCUT2D eigenvalue weighted by Crippen LogP contribution is 2.24. The summed E-state index contributed by atoms with van der Waals surface area (Å²) in [7, 11) is -3.58. The third kappa shape index (κ3) is 4.91. The van der Waals surface area contributed by atoms with Gasteiger partial charge < -0.3 is 10.1 Å². The Morgan fingerprint density at radius 1 is 1.27 bits per heavy atom. The number of nitrogens with zero attached hydrogens (tertiary/aromatic N) is 1. The molecule has 0 spiro atoms. The molecule has 1 aromatic rings. The Hall–Kier alpha value is -1.76. The van der Waals surface area contributed by atoms with Gasteiger partial charge in [-0.1, -0.05) is 6.92 Å². The largest absolute Gasteiger partial charge is 0.494 e. The molecule has 0 bridgehead atoms. The van der Waals surface area contributed by atoms with Gasteiger partial charge in [-0.2, -0.15) is 0 Å². The monoisotopic (exact) mass is 328 g/mol. The lowest BCUT2D eigenvalue weighted by Gasteiger charge is -2.28. The zero-order valence-electron chi connectivity index (χ0n) is 13.5. The summed E-state index contributed by atoms with van der Waals surface area (Å²) in [5, 5.41) is 2.72. The summed E-state index contributed by atoms with van der Waals surface area (Å²) in [5.74, 6) is 0.337. The standard InChI is InChI=1S/C15H24N2O4S/c1-5-11-16-15(18)12(3)17(22(4,19)20)13-7-9-14(10-8-13)21-6-2/h7-10,12H,5-6,11H2,1-4H3,(H,16,18)/t12-/m0/s1. The van der Waals surface area contributed by atoms with Gasteiger partial charge in [0.05, 0.1) is 18.6 Å². The number of rotatable bonds is 8. The normalized spacial score (nSPS) is 12.5. The highest BCUT2D eigenvalue weighted by molar-refractivity contribution is 7.92. The minimum Gasteiger partial charge on any atom is -0.494 e. The van der Waals surface area contributed by atoms with E-state index in [4.69, 9.17) is 4.74 Å². The third-order valence-corrected chi connectivity index (χ3v) is 4.28. The van der Waals surface area contributed by atoms with Crippen LogP contribution in [-0.4, -0.2) is 39.8 Å². The first-order valence-electron chi connectivity index (χ1n) is 7.31. The van der Waals surface area contributed by atoms with Crippen molar-refractivity contribution in [2.45, 2.75) is 33.2 Å². The first-order chi connectivity index (χ1) is 10.3. The Kier molecular flexibility index (Phi) is 6.67. The third-order valence-electron chi connectivity index (χ3n) is 3.04. The molecule has 0 unspecified atom stereocenters. The molecule has 1 amide bonds. The maximum Gasteiger partial charge on any atom is 0.243 e. The molecule has 124 valence electrons. The number of benzene rings is 1. The zero-order valence-corrected chi connectivity index (χ0v) is 14.3. The van der Waals surface area contributed by atoms with Gasteiger partial charge in [-0.15, -0.1) is 0 Å². The molecular formula is C15H24N2O4S. The van der Waals surface area contributed by atoms with E-state index in [9.17, 15) is 13.2 Å². The van der Waals surface area contributed by atoms with E-state index in [0.29, 0.717) is 24.6 Å². The van der Waals surface area contributed by atoms with Crippen molar-refractivity contribution in [2.75, 3.05) is 23.7 Å². The second kappa shape index (κ2) is 8.03. The fourth-order valence-electron chi connectivity index (χ4n) is 2.06. The smallest absolute Gasteiger partial charge is 0.243 e. The second-order valence-corrected chi connectivity index (χ2v) is 6.81. The minimum atomic E-state index is -3.58. The Morgan fingerprint density at radius 3 is 2.32 bits per heavy atom. The highest BCUT2D eigenvalue weighted by Gasteiger charge is 2.28. The van der Waals surface area contributed by atoms with Crippen molar-refractivity contribution >= 4 is 21.6 Å². The van der Waals surface area contributed by atoms with E-state index in [1.807, 2.05) is 13.8 Å². The van der Waals surface area contributed by atoms with E-state index in [1.54, 1.807) is 31.2 Å². The number of anilines is 1. The van der Waals surface area contributed by atoms with Crippen LogP contribution in [0.4, 0.5) is 5.69 Å². The van der Waals surface area contributed by atoms with Crippen molar-refractivity contribution in [3.8, 4) is 5.75 Å². The van der Waals surface area contributed by atoms with E-state index in [0.717, 1.165) is 17.0 Å². The van der Waals surface area contributed by atoms with Crippen LogP contribution in [0.3, 0.4) is 0 Å². The molecule has 1 N–H and O–H groups in total. The number of amides is 1. The molecule has 0 saturated carbocycles. The van der Waals surface area contributed by atoms with E-state index in [-0.39, 0.29) is 5.91 Å². The van der Waals surface area contributed by atoms with Crippen LogP contribution in [0.2, 0.25) is 0 Å². The summed E-state index contributed by atoms with van der Waals surface area (Å²) in [6.45, 7) is 6.43. The minimum absolute atomic E-state index is 0.318. The van der Waals surface area contributed by atoms with E-state index < -0.39 is 16.1 Å². The van der Waals surface area contributed by atoms with E-state index in [1.165, 1.54) is 0 Å². The predicted octanol–water partition coefficient (Wildman–Crippen LogP) is 1.77. The quantitative estimate of drug-likeness (QED) is 0.789. The van der Waals surface area contributed by atoms with Crippen molar-refractivity contribution in [3.63, 3.8) is 0 Å². The van der Waals surface area contributed by atoms with Crippen LogP contribution >= 0.6 is 0 Å². The number of sulfonamides is 1. The van der Waals surface area contributed by atoms with E-state index in [2.05, 4.69) is 5.32 Å². The number of carbonyl (C=O) groups is 1. The summed E-state index contributed by atoms with van der Waals surface area (Å²) >= 11 is 0. The lowest BCUT2D eigenvalue weighted by molar-refractivity contribution is -0.121. The van der Waals surface area contributed by atoms with Crippen LogP contribution in [0.25, 0.3) is 0 Å². The topological polar surface area (TPSA) is 75.7 Å². The van der Waals surface area contributed by atoms with Crippen LogP contribution < -0.4 is 14.4 Å². The average Bonchev–Trinajstić information content (AvgIpc) is 2.45. The van der Waals surface area contributed by atoms with Crippen molar-refractivity contribution < 1.29 is 17.9 Å². The maximum absolute atomic E-state index is 12.1. The van der Waals surface area contributed by atoms with E-state index >= 15 is 0 Å². The van der Waals surface area contributed by atoms with Crippen LogP contribution in [0, 0.1) is 0 Å². The number of nitrogens with one attached hydrogen (secondary N) is 1. The van der Waals surface area contributed by atoms with Gasteiger partial charge in [0.2, 0.25) is 15.9 Å². The molecule has 0 aromatic heterocycles. The molecule has 1 atom stereocenters. The maximum atomic E-state index is 12.1. The molecule has 22 heavy (non-hydrogen) atoms. The van der Waals surface area contributed by atoms with Crippen LogP contribution in [0.1, 0.15) is 27.2 Å². The fourth-order valence-corrected chi connectivity index (χ4v) is 3.24. The Morgan fingerprint density at radius 2 is 1.86 bits per heavy atom. The number of ether oxygens (including phenoxy) is 1. The Labute approximate surface area is 132 Å². The lowest BCUT2D eigenvalue weighted by atomic mass is 10.2. The Balaban J connectivity index is 3.05. The summed E-state index contributed by atoms with van der Waals surface area (Å²) in [6.07, 6.45) is 1.88. The molecule has 0 saturated heterocycles. The SMILES string of the molecule is CCCNC(=O)[C@H](C)N(c1ccc(OCC)cc1)S(C)(=O)=O.